The zero-order valence-corrected chi connectivity index (χ0v) is 13.3. The Labute approximate surface area is 137 Å². The zero-order chi connectivity index (χ0) is 17.9. The van der Waals surface area contributed by atoms with E-state index >= 15 is 0 Å². The monoisotopic (exact) mass is 332 g/mol. The molecule has 0 aliphatic rings. The molecule has 2 N–H and O–H groups in total. The van der Waals surface area contributed by atoms with Gasteiger partial charge in [-0.05, 0) is 24.6 Å². The standard InChI is InChI=1S/C15H16N4O5/c1-9-4-14(16)18(15(20)5-9)17-8-10-6-12(23-2)13(24-3)7-11(10)19(21)22/h4-8H,16H2,1-3H3/b17-8-. The van der Waals surface area contributed by atoms with E-state index in [9.17, 15) is 14.9 Å². The quantitative estimate of drug-likeness (QED) is 0.503. The molecule has 0 fully saturated rings. The van der Waals surface area contributed by atoms with Crippen LogP contribution in [0.15, 0.2) is 34.2 Å². The summed E-state index contributed by atoms with van der Waals surface area (Å²) in [7, 11) is 2.79. The average Bonchev–Trinajstić information content (AvgIpc) is 2.52. The van der Waals surface area contributed by atoms with Crippen molar-refractivity contribution in [2.24, 2.45) is 5.10 Å². The van der Waals surface area contributed by atoms with E-state index in [1.165, 1.54) is 38.6 Å². The van der Waals surface area contributed by atoms with Crippen molar-refractivity contribution in [3.8, 4) is 11.5 Å². The van der Waals surface area contributed by atoms with Crippen LogP contribution in [-0.4, -0.2) is 30.0 Å². The van der Waals surface area contributed by atoms with Crippen LogP contribution in [-0.2, 0) is 0 Å². The molecule has 0 unspecified atom stereocenters. The largest absolute Gasteiger partial charge is 0.493 e. The van der Waals surface area contributed by atoms with E-state index in [0.717, 1.165) is 4.68 Å². The Morgan fingerprint density at radius 3 is 2.38 bits per heavy atom. The van der Waals surface area contributed by atoms with Crippen molar-refractivity contribution in [2.75, 3.05) is 20.0 Å². The molecule has 0 aliphatic carbocycles. The molecule has 0 saturated heterocycles. The third kappa shape index (κ3) is 3.35. The molecule has 1 heterocycles. The van der Waals surface area contributed by atoms with Crippen LogP contribution in [0.4, 0.5) is 11.5 Å². The highest BCUT2D eigenvalue weighted by atomic mass is 16.6. The summed E-state index contributed by atoms with van der Waals surface area (Å²) in [6.45, 7) is 1.73. The van der Waals surface area contributed by atoms with E-state index in [1.54, 1.807) is 13.0 Å². The Morgan fingerprint density at radius 2 is 1.83 bits per heavy atom. The second kappa shape index (κ2) is 6.82. The van der Waals surface area contributed by atoms with Crippen molar-refractivity contribution in [3.63, 3.8) is 0 Å². The molecule has 1 aromatic carbocycles. The zero-order valence-electron chi connectivity index (χ0n) is 13.3. The minimum atomic E-state index is -0.579. The molecule has 0 amide bonds. The molecule has 2 rings (SSSR count). The highest BCUT2D eigenvalue weighted by Gasteiger charge is 2.18. The number of pyridine rings is 1. The van der Waals surface area contributed by atoms with Crippen molar-refractivity contribution < 1.29 is 14.4 Å². The van der Waals surface area contributed by atoms with Gasteiger partial charge in [-0.15, -0.1) is 0 Å². The van der Waals surface area contributed by atoms with Gasteiger partial charge < -0.3 is 15.2 Å². The van der Waals surface area contributed by atoms with Gasteiger partial charge in [0.15, 0.2) is 11.5 Å². The summed E-state index contributed by atoms with van der Waals surface area (Å²) in [4.78, 5) is 22.6. The Morgan fingerprint density at radius 1 is 1.21 bits per heavy atom. The number of anilines is 1. The number of nitrogens with two attached hydrogens (primary N) is 1. The molecule has 9 nitrogen and oxygen atoms in total. The molecule has 9 heteroatoms. The first-order valence-corrected chi connectivity index (χ1v) is 6.81. The van der Waals surface area contributed by atoms with Gasteiger partial charge in [0.25, 0.3) is 11.2 Å². The maximum absolute atomic E-state index is 11.9. The van der Waals surface area contributed by atoms with Gasteiger partial charge in [-0.3, -0.25) is 14.9 Å². The van der Waals surface area contributed by atoms with E-state index < -0.39 is 10.5 Å². The van der Waals surface area contributed by atoms with Crippen LogP contribution in [0.1, 0.15) is 11.1 Å². The smallest absolute Gasteiger partial charge is 0.282 e. The van der Waals surface area contributed by atoms with E-state index in [4.69, 9.17) is 15.2 Å². The van der Waals surface area contributed by atoms with Crippen LogP contribution in [0.5, 0.6) is 11.5 Å². The van der Waals surface area contributed by atoms with Gasteiger partial charge >= 0.3 is 0 Å². The first-order chi connectivity index (χ1) is 11.4. The molecular weight excluding hydrogens is 316 g/mol. The third-order valence-corrected chi connectivity index (χ3v) is 3.22. The van der Waals surface area contributed by atoms with Crippen molar-refractivity contribution in [3.05, 3.63) is 55.9 Å². The van der Waals surface area contributed by atoms with E-state index in [-0.39, 0.29) is 22.8 Å². The number of methoxy groups -OCH3 is 2. The Hall–Kier alpha value is -3.36. The number of nitro benzene ring substituents is 1. The fraction of sp³-hybridized carbons (Fsp3) is 0.200. The maximum atomic E-state index is 11.9. The van der Waals surface area contributed by atoms with Crippen molar-refractivity contribution in [1.29, 1.82) is 0 Å². The summed E-state index contributed by atoms with van der Waals surface area (Å²) < 4.78 is 11.1. The highest BCUT2D eigenvalue weighted by molar-refractivity contribution is 5.87. The summed E-state index contributed by atoms with van der Waals surface area (Å²) >= 11 is 0. The Bertz CT molecular complexity index is 873. The summed E-state index contributed by atoms with van der Waals surface area (Å²) in [6, 6.07) is 5.55. The SMILES string of the molecule is COc1cc(/C=N\n2c(N)cc(C)cc2=O)c([N+](=O)[O-])cc1OC. The molecule has 0 spiro atoms. The van der Waals surface area contributed by atoms with Crippen LogP contribution in [0.3, 0.4) is 0 Å². The van der Waals surface area contributed by atoms with Crippen LogP contribution in [0.2, 0.25) is 0 Å². The molecular formula is C15H16N4O5. The lowest BCUT2D eigenvalue weighted by molar-refractivity contribution is -0.385. The second-order valence-corrected chi connectivity index (χ2v) is 4.88. The first kappa shape index (κ1) is 17.0. The summed E-state index contributed by atoms with van der Waals surface area (Å²) in [5, 5.41) is 15.2. The van der Waals surface area contributed by atoms with E-state index in [0.29, 0.717) is 11.3 Å². The minimum absolute atomic E-state index is 0.124. The van der Waals surface area contributed by atoms with Gasteiger partial charge in [0.1, 0.15) is 5.82 Å². The third-order valence-electron chi connectivity index (χ3n) is 3.22. The van der Waals surface area contributed by atoms with Crippen LogP contribution < -0.4 is 20.8 Å². The lowest BCUT2D eigenvalue weighted by atomic mass is 10.1. The molecule has 0 radical (unpaired) electrons. The molecule has 2 aromatic rings. The molecule has 126 valence electrons. The topological polar surface area (TPSA) is 122 Å². The first-order valence-electron chi connectivity index (χ1n) is 6.81. The van der Waals surface area contributed by atoms with Gasteiger partial charge in [0.2, 0.25) is 0 Å². The number of hydrogen-bond acceptors (Lipinski definition) is 7. The van der Waals surface area contributed by atoms with Crippen LogP contribution in [0.25, 0.3) is 0 Å². The van der Waals surface area contributed by atoms with E-state index in [2.05, 4.69) is 5.10 Å². The molecule has 0 aliphatic heterocycles. The highest BCUT2D eigenvalue weighted by Crippen LogP contribution is 2.33. The molecule has 24 heavy (non-hydrogen) atoms. The van der Waals surface area contributed by atoms with Crippen molar-refractivity contribution >= 4 is 17.7 Å². The number of nitrogen functional groups attached to an aromatic ring is 1. The number of ether oxygens (including phenoxy) is 2. The van der Waals surface area contributed by atoms with Gasteiger partial charge in [-0.25, -0.2) is 0 Å². The Balaban J connectivity index is 2.56. The number of benzene rings is 1. The number of hydrogen-bond donors (Lipinski definition) is 1. The second-order valence-electron chi connectivity index (χ2n) is 4.88. The molecule has 1 aromatic heterocycles. The summed E-state index contributed by atoms with van der Waals surface area (Å²) in [5.41, 5.74) is 5.92. The van der Waals surface area contributed by atoms with Gasteiger partial charge in [-0.1, -0.05) is 0 Å². The molecule has 0 bridgehead atoms. The summed E-state index contributed by atoms with van der Waals surface area (Å²) in [6.07, 6.45) is 1.17. The molecule has 0 saturated carbocycles. The molecule has 0 atom stereocenters. The average molecular weight is 332 g/mol. The van der Waals surface area contributed by atoms with Gasteiger partial charge in [-0.2, -0.15) is 9.78 Å². The number of aryl methyl sites for hydroxylation is 1. The normalized spacial score (nSPS) is 10.8. The van der Waals surface area contributed by atoms with Gasteiger partial charge in [0, 0.05) is 6.07 Å². The Kier molecular flexibility index (Phi) is 4.83. The fourth-order valence-corrected chi connectivity index (χ4v) is 2.11. The predicted octanol–water partition coefficient (Wildman–Crippen LogP) is 1.55. The minimum Gasteiger partial charge on any atom is -0.493 e. The van der Waals surface area contributed by atoms with Crippen LogP contribution in [0, 0.1) is 17.0 Å². The van der Waals surface area contributed by atoms with Crippen molar-refractivity contribution in [1.82, 2.24) is 4.68 Å². The number of rotatable bonds is 5. The van der Waals surface area contributed by atoms with Crippen LogP contribution >= 0.6 is 0 Å². The number of nitro groups is 1. The number of nitrogens with zero attached hydrogens (tertiary/aromatic N) is 3. The number of aromatic nitrogens is 1. The van der Waals surface area contributed by atoms with Gasteiger partial charge in [0.05, 0.1) is 37.0 Å². The maximum Gasteiger partial charge on any atom is 0.282 e. The van der Waals surface area contributed by atoms with Crippen molar-refractivity contribution in [2.45, 2.75) is 6.92 Å². The van der Waals surface area contributed by atoms with E-state index in [1.807, 2.05) is 0 Å². The predicted molar refractivity (Wildman–Crippen MR) is 89.0 cm³/mol. The lowest BCUT2D eigenvalue weighted by Crippen LogP contribution is -2.19. The lowest BCUT2D eigenvalue weighted by Gasteiger charge is -2.09. The fourth-order valence-electron chi connectivity index (χ4n) is 2.11. The summed E-state index contributed by atoms with van der Waals surface area (Å²) in [5.74, 6) is 0.640.